The standard InChI is InChI=1S/C15H14Cl2/c1-2-11-3-5-12(6-4-11)15(17)13-7-9-14(16)10-8-13/h3-10,15H,2H2,1H3. The predicted molar refractivity (Wildman–Crippen MR) is 75.0 cm³/mol. The van der Waals surface area contributed by atoms with Crippen molar-refractivity contribution < 1.29 is 0 Å². The van der Waals surface area contributed by atoms with Crippen LogP contribution in [0.15, 0.2) is 48.5 Å². The van der Waals surface area contributed by atoms with Gasteiger partial charge in [0.05, 0.1) is 5.38 Å². The molecule has 1 atom stereocenters. The highest BCUT2D eigenvalue weighted by atomic mass is 35.5. The molecule has 0 N–H and O–H groups in total. The Hall–Kier alpha value is -0.980. The minimum absolute atomic E-state index is 0.113. The first-order valence-electron chi connectivity index (χ1n) is 5.69. The van der Waals surface area contributed by atoms with Crippen LogP contribution in [0.5, 0.6) is 0 Å². The lowest BCUT2D eigenvalue weighted by atomic mass is 10.0. The minimum atomic E-state index is -0.113. The number of hydrogen-bond acceptors (Lipinski definition) is 0. The number of benzene rings is 2. The molecule has 0 saturated heterocycles. The van der Waals surface area contributed by atoms with Crippen LogP contribution in [0, 0.1) is 0 Å². The van der Waals surface area contributed by atoms with E-state index >= 15 is 0 Å². The summed E-state index contributed by atoms with van der Waals surface area (Å²) in [6, 6.07) is 16.1. The number of alkyl halides is 1. The van der Waals surface area contributed by atoms with Crippen molar-refractivity contribution in [2.75, 3.05) is 0 Å². The van der Waals surface area contributed by atoms with E-state index in [4.69, 9.17) is 23.2 Å². The summed E-state index contributed by atoms with van der Waals surface area (Å²) in [7, 11) is 0. The lowest BCUT2D eigenvalue weighted by Gasteiger charge is -2.11. The van der Waals surface area contributed by atoms with Crippen LogP contribution in [0.25, 0.3) is 0 Å². The van der Waals surface area contributed by atoms with Gasteiger partial charge in [-0.05, 0) is 35.2 Å². The molecule has 0 aliphatic heterocycles. The summed E-state index contributed by atoms with van der Waals surface area (Å²) in [5, 5.41) is 0.622. The molecule has 0 fully saturated rings. The fourth-order valence-electron chi connectivity index (χ4n) is 1.75. The summed E-state index contributed by atoms with van der Waals surface area (Å²) < 4.78 is 0. The van der Waals surface area contributed by atoms with Gasteiger partial charge in [0.15, 0.2) is 0 Å². The highest BCUT2D eigenvalue weighted by Crippen LogP contribution is 2.29. The molecule has 2 aromatic carbocycles. The molecule has 2 rings (SSSR count). The second kappa shape index (κ2) is 5.57. The van der Waals surface area contributed by atoms with E-state index in [-0.39, 0.29) is 5.38 Å². The van der Waals surface area contributed by atoms with E-state index in [1.165, 1.54) is 5.56 Å². The van der Waals surface area contributed by atoms with Crippen LogP contribution in [0.1, 0.15) is 29.0 Å². The number of rotatable bonds is 3. The van der Waals surface area contributed by atoms with Crippen molar-refractivity contribution in [2.45, 2.75) is 18.7 Å². The van der Waals surface area contributed by atoms with E-state index in [1.807, 2.05) is 24.3 Å². The summed E-state index contributed by atoms with van der Waals surface area (Å²) in [5.74, 6) is 0. The maximum absolute atomic E-state index is 6.44. The van der Waals surface area contributed by atoms with Crippen LogP contribution in [0.2, 0.25) is 5.02 Å². The van der Waals surface area contributed by atoms with Gasteiger partial charge in [-0.15, -0.1) is 11.6 Å². The maximum atomic E-state index is 6.44. The minimum Gasteiger partial charge on any atom is -0.113 e. The monoisotopic (exact) mass is 264 g/mol. The predicted octanol–water partition coefficient (Wildman–Crippen LogP) is 5.23. The van der Waals surface area contributed by atoms with Gasteiger partial charge in [-0.3, -0.25) is 0 Å². The number of hydrogen-bond donors (Lipinski definition) is 0. The van der Waals surface area contributed by atoms with Crippen LogP contribution < -0.4 is 0 Å². The first kappa shape index (κ1) is 12.5. The van der Waals surface area contributed by atoms with Crippen molar-refractivity contribution in [3.63, 3.8) is 0 Å². The third kappa shape index (κ3) is 3.02. The summed E-state index contributed by atoms with van der Waals surface area (Å²) in [4.78, 5) is 0. The molecule has 1 unspecified atom stereocenters. The topological polar surface area (TPSA) is 0 Å². The average molecular weight is 265 g/mol. The summed E-state index contributed by atoms with van der Waals surface area (Å²) in [5.41, 5.74) is 3.51. The fraction of sp³-hybridized carbons (Fsp3) is 0.200. The van der Waals surface area contributed by atoms with Gasteiger partial charge >= 0.3 is 0 Å². The van der Waals surface area contributed by atoms with Crippen molar-refractivity contribution in [3.8, 4) is 0 Å². The molecule has 2 aromatic rings. The second-order valence-corrected chi connectivity index (χ2v) is 4.88. The fourth-order valence-corrected chi connectivity index (χ4v) is 2.16. The summed E-state index contributed by atoms with van der Waals surface area (Å²) in [6.07, 6.45) is 1.05. The van der Waals surface area contributed by atoms with Gasteiger partial charge in [0, 0.05) is 5.02 Å². The molecule has 0 aliphatic rings. The molecular weight excluding hydrogens is 251 g/mol. The van der Waals surface area contributed by atoms with Crippen LogP contribution >= 0.6 is 23.2 Å². The SMILES string of the molecule is CCc1ccc(C(Cl)c2ccc(Cl)cc2)cc1. The molecule has 88 valence electrons. The van der Waals surface area contributed by atoms with Crippen molar-refractivity contribution in [3.05, 3.63) is 70.2 Å². The molecule has 0 amide bonds. The smallest absolute Gasteiger partial charge is 0.0835 e. The van der Waals surface area contributed by atoms with E-state index < -0.39 is 0 Å². The lowest BCUT2D eigenvalue weighted by molar-refractivity contribution is 1.10. The zero-order valence-corrected chi connectivity index (χ0v) is 11.2. The molecule has 17 heavy (non-hydrogen) atoms. The van der Waals surface area contributed by atoms with Crippen LogP contribution in [0.3, 0.4) is 0 Å². The summed E-state index contributed by atoms with van der Waals surface area (Å²) in [6.45, 7) is 2.15. The Kier molecular flexibility index (Phi) is 4.09. The molecule has 0 bridgehead atoms. The van der Waals surface area contributed by atoms with Crippen LogP contribution in [-0.4, -0.2) is 0 Å². The largest absolute Gasteiger partial charge is 0.113 e. The van der Waals surface area contributed by atoms with E-state index in [1.54, 1.807) is 0 Å². The van der Waals surface area contributed by atoms with E-state index in [0.29, 0.717) is 0 Å². The first-order chi connectivity index (χ1) is 8.20. The Bertz CT molecular complexity index is 471. The quantitative estimate of drug-likeness (QED) is 0.666. The molecule has 0 nitrogen and oxygen atoms in total. The van der Waals surface area contributed by atoms with Crippen molar-refractivity contribution in [1.29, 1.82) is 0 Å². The van der Waals surface area contributed by atoms with Gasteiger partial charge in [-0.25, -0.2) is 0 Å². The average Bonchev–Trinajstić information content (AvgIpc) is 2.39. The first-order valence-corrected chi connectivity index (χ1v) is 6.50. The Morgan fingerprint density at radius 1 is 0.882 bits per heavy atom. The molecule has 0 heterocycles. The highest BCUT2D eigenvalue weighted by molar-refractivity contribution is 6.30. The van der Waals surface area contributed by atoms with E-state index in [2.05, 4.69) is 31.2 Å². The number of aryl methyl sites for hydroxylation is 1. The second-order valence-electron chi connectivity index (χ2n) is 4.01. The summed E-state index contributed by atoms with van der Waals surface area (Å²) >= 11 is 12.3. The van der Waals surface area contributed by atoms with Crippen molar-refractivity contribution >= 4 is 23.2 Å². The third-order valence-electron chi connectivity index (χ3n) is 2.84. The maximum Gasteiger partial charge on any atom is 0.0835 e. The molecule has 0 aromatic heterocycles. The molecule has 2 heteroatoms. The van der Waals surface area contributed by atoms with E-state index in [9.17, 15) is 0 Å². The van der Waals surface area contributed by atoms with Gasteiger partial charge in [0.25, 0.3) is 0 Å². The van der Waals surface area contributed by atoms with Gasteiger partial charge in [-0.1, -0.05) is 54.9 Å². The third-order valence-corrected chi connectivity index (χ3v) is 3.60. The highest BCUT2D eigenvalue weighted by Gasteiger charge is 2.10. The lowest BCUT2D eigenvalue weighted by Crippen LogP contribution is -1.93. The van der Waals surface area contributed by atoms with E-state index in [0.717, 1.165) is 22.6 Å². The molecule has 0 aliphatic carbocycles. The normalized spacial score (nSPS) is 12.4. The Morgan fingerprint density at radius 3 is 1.82 bits per heavy atom. The zero-order chi connectivity index (χ0) is 12.3. The molecular formula is C15H14Cl2. The van der Waals surface area contributed by atoms with Crippen LogP contribution in [0.4, 0.5) is 0 Å². The van der Waals surface area contributed by atoms with Crippen molar-refractivity contribution in [2.24, 2.45) is 0 Å². The Morgan fingerprint density at radius 2 is 1.35 bits per heavy atom. The Balaban J connectivity index is 2.23. The molecule has 0 spiro atoms. The zero-order valence-electron chi connectivity index (χ0n) is 9.66. The van der Waals surface area contributed by atoms with Crippen LogP contribution in [-0.2, 0) is 6.42 Å². The van der Waals surface area contributed by atoms with Gasteiger partial charge < -0.3 is 0 Å². The molecule has 0 radical (unpaired) electrons. The van der Waals surface area contributed by atoms with Gasteiger partial charge in [-0.2, -0.15) is 0 Å². The van der Waals surface area contributed by atoms with Gasteiger partial charge in [0.2, 0.25) is 0 Å². The van der Waals surface area contributed by atoms with Crippen molar-refractivity contribution in [1.82, 2.24) is 0 Å². The molecule has 0 saturated carbocycles. The Labute approximate surface area is 112 Å². The van der Waals surface area contributed by atoms with Gasteiger partial charge in [0.1, 0.15) is 0 Å². The number of halogens is 2.